The molecule has 4 aliphatic carbocycles. The molecule has 0 heterocycles. The molecule has 4 heteroatoms. The highest BCUT2D eigenvalue weighted by Crippen LogP contribution is 2.44. The Morgan fingerprint density at radius 2 is 1.58 bits per heavy atom. The van der Waals surface area contributed by atoms with E-state index in [9.17, 15) is 4.79 Å². The summed E-state index contributed by atoms with van der Waals surface area (Å²) in [5.41, 5.74) is 0. The third-order valence-corrected chi connectivity index (χ3v) is 6.23. The minimum atomic E-state index is -0.00615. The lowest BCUT2D eigenvalue weighted by Gasteiger charge is -2.17. The third kappa shape index (κ3) is 3.60. The second kappa shape index (κ2) is 7.40. The van der Waals surface area contributed by atoms with E-state index in [1.165, 1.54) is 12.8 Å². The van der Waals surface area contributed by atoms with Gasteiger partial charge >= 0.3 is 5.97 Å². The number of rotatable bonds is 9. The van der Waals surface area contributed by atoms with Crippen molar-refractivity contribution in [2.75, 3.05) is 19.8 Å². The molecule has 132 valence electrons. The van der Waals surface area contributed by atoms with Crippen molar-refractivity contribution in [3.05, 3.63) is 24.3 Å². The first-order valence-electron chi connectivity index (χ1n) is 9.57. The summed E-state index contributed by atoms with van der Waals surface area (Å²) in [6, 6.07) is 0. The molecule has 6 unspecified atom stereocenters. The summed E-state index contributed by atoms with van der Waals surface area (Å²) in [6.45, 7) is 1.78. The number of unbranched alkanes of at least 4 members (excludes halogenated alkanes) is 1. The molecule has 0 amide bonds. The van der Waals surface area contributed by atoms with Crippen molar-refractivity contribution in [1.29, 1.82) is 0 Å². The molecule has 0 spiro atoms. The topological polar surface area (TPSA) is 44.8 Å². The maximum absolute atomic E-state index is 12.1. The lowest BCUT2D eigenvalue weighted by Crippen LogP contribution is -2.22. The molecule has 0 aliphatic heterocycles. The number of carbonyl (C=O) groups excluding carboxylic acids is 1. The van der Waals surface area contributed by atoms with E-state index in [0.717, 1.165) is 31.6 Å². The van der Waals surface area contributed by atoms with Gasteiger partial charge in [0.2, 0.25) is 0 Å². The van der Waals surface area contributed by atoms with Gasteiger partial charge in [-0.05, 0) is 68.1 Å². The molecule has 24 heavy (non-hydrogen) atoms. The van der Waals surface area contributed by atoms with Crippen LogP contribution in [0.2, 0.25) is 0 Å². The zero-order valence-electron chi connectivity index (χ0n) is 14.3. The molecule has 6 atom stereocenters. The number of ether oxygens (including phenoxy) is 1. The summed E-state index contributed by atoms with van der Waals surface area (Å²) in [4.78, 5) is 22.7. The van der Waals surface area contributed by atoms with Gasteiger partial charge in [0.15, 0.2) is 0 Å². The summed E-state index contributed by atoms with van der Waals surface area (Å²) in [5.74, 6) is 3.27. The largest absolute Gasteiger partial charge is 0.465 e. The van der Waals surface area contributed by atoms with E-state index in [1.54, 1.807) is 0 Å². The first kappa shape index (κ1) is 16.3. The Morgan fingerprint density at radius 1 is 0.833 bits per heavy atom. The molecular weight excluding hydrogens is 304 g/mol. The zero-order chi connectivity index (χ0) is 16.4. The number of hydrogen-bond donors (Lipinski definition) is 0. The fraction of sp³-hybridized carbons (Fsp3) is 0.750. The Bertz CT molecular complexity index is 512. The van der Waals surface area contributed by atoms with E-state index in [0.29, 0.717) is 43.5 Å². The Labute approximate surface area is 144 Å². The van der Waals surface area contributed by atoms with Crippen LogP contribution >= 0.6 is 0 Å². The van der Waals surface area contributed by atoms with Crippen molar-refractivity contribution in [1.82, 2.24) is 0 Å². The van der Waals surface area contributed by atoms with Gasteiger partial charge in [-0.3, -0.25) is 4.79 Å². The van der Waals surface area contributed by atoms with Gasteiger partial charge in [0, 0.05) is 0 Å². The van der Waals surface area contributed by atoms with E-state index >= 15 is 0 Å². The highest BCUT2D eigenvalue weighted by molar-refractivity contribution is 5.74. The van der Waals surface area contributed by atoms with Crippen molar-refractivity contribution in [2.24, 2.45) is 35.5 Å². The van der Waals surface area contributed by atoms with Gasteiger partial charge in [0.1, 0.15) is 0 Å². The van der Waals surface area contributed by atoms with Crippen LogP contribution in [0.1, 0.15) is 38.5 Å². The second-order valence-electron chi connectivity index (χ2n) is 7.91. The van der Waals surface area contributed by atoms with Gasteiger partial charge in [0.25, 0.3) is 0 Å². The summed E-state index contributed by atoms with van der Waals surface area (Å²) in [6.07, 6.45) is 15.5. The average Bonchev–Trinajstić information content (AvgIpc) is 3.37. The Kier molecular flexibility index (Phi) is 5.04. The molecule has 0 aromatic heterocycles. The maximum Gasteiger partial charge on any atom is 0.309 e. The van der Waals surface area contributed by atoms with Gasteiger partial charge in [-0.25, -0.2) is 9.78 Å². The smallest absolute Gasteiger partial charge is 0.309 e. The van der Waals surface area contributed by atoms with Crippen molar-refractivity contribution >= 4 is 5.97 Å². The number of allylic oxidation sites excluding steroid dienone is 4. The second-order valence-corrected chi connectivity index (χ2v) is 7.91. The Morgan fingerprint density at radius 3 is 2.25 bits per heavy atom. The number of hydrogen-bond acceptors (Lipinski definition) is 4. The first-order chi connectivity index (χ1) is 11.8. The van der Waals surface area contributed by atoms with Gasteiger partial charge in [-0.2, -0.15) is 0 Å². The quantitative estimate of drug-likeness (QED) is 0.212. The van der Waals surface area contributed by atoms with E-state index in [1.807, 2.05) is 0 Å². The Balaban J connectivity index is 1.00. The molecule has 4 aliphatic rings. The number of carbonyl (C=O) groups is 1. The number of esters is 1. The predicted octanol–water partition coefficient (Wildman–Crippen LogP) is 3.68. The van der Waals surface area contributed by atoms with Crippen molar-refractivity contribution in [3.63, 3.8) is 0 Å². The summed E-state index contributed by atoms with van der Waals surface area (Å²) in [5, 5.41) is 0. The zero-order valence-corrected chi connectivity index (χ0v) is 14.3. The molecule has 0 saturated heterocycles. The minimum absolute atomic E-state index is 0.00615. The van der Waals surface area contributed by atoms with Crippen LogP contribution in [-0.2, 0) is 19.3 Å². The molecule has 0 aromatic rings. The van der Waals surface area contributed by atoms with Crippen molar-refractivity contribution in [2.45, 2.75) is 38.5 Å². The van der Waals surface area contributed by atoms with E-state index in [2.05, 4.69) is 24.3 Å². The molecule has 2 fully saturated rings. The maximum atomic E-state index is 12.1. The summed E-state index contributed by atoms with van der Waals surface area (Å²) < 4.78 is 5.42. The van der Waals surface area contributed by atoms with Gasteiger partial charge in [0.05, 0.1) is 25.7 Å². The Hall–Kier alpha value is -1.13. The van der Waals surface area contributed by atoms with Crippen molar-refractivity contribution in [3.8, 4) is 0 Å². The highest BCUT2D eigenvalue weighted by atomic mass is 17.2. The van der Waals surface area contributed by atoms with Crippen LogP contribution in [0.25, 0.3) is 0 Å². The van der Waals surface area contributed by atoms with Crippen LogP contribution in [0, 0.1) is 35.5 Å². The van der Waals surface area contributed by atoms with Crippen LogP contribution < -0.4 is 0 Å². The van der Waals surface area contributed by atoms with Gasteiger partial charge in [-0.1, -0.05) is 24.3 Å². The molecule has 0 N–H and O–H groups in total. The number of fused-ring (bicyclic) bond motifs is 4. The molecule has 2 saturated carbocycles. The molecule has 0 aromatic carbocycles. The summed E-state index contributed by atoms with van der Waals surface area (Å²) in [7, 11) is 0. The highest BCUT2D eigenvalue weighted by Gasteiger charge is 2.40. The third-order valence-electron chi connectivity index (χ3n) is 6.23. The van der Waals surface area contributed by atoms with E-state index in [-0.39, 0.29) is 11.9 Å². The predicted molar refractivity (Wildman–Crippen MR) is 89.8 cm³/mol. The van der Waals surface area contributed by atoms with Crippen LogP contribution in [0.5, 0.6) is 0 Å². The van der Waals surface area contributed by atoms with Crippen LogP contribution in [0.4, 0.5) is 0 Å². The minimum Gasteiger partial charge on any atom is -0.465 e. The normalized spacial score (nSPS) is 38.3. The van der Waals surface area contributed by atoms with Gasteiger partial charge in [-0.15, -0.1) is 0 Å². The molecule has 4 rings (SSSR count). The SMILES string of the molecule is O=C(OCCCCOOCC1CC2C=CC1C2)C1CC2C=CC1C2. The average molecular weight is 332 g/mol. The standard InChI is InChI=1S/C20H28O4/c21-20(19-12-15-4-6-17(19)10-15)22-7-1-2-8-23-24-13-18-11-14-3-5-16(18)9-14/h3-6,14-19H,1-2,7-13H2. The van der Waals surface area contributed by atoms with E-state index < -0.39 is 0 Å². The monoisotopic (exact) mass is 332 g/mol. The van der Waals surface area contributed by atoms with Crippen LogP contribution in [-0.4, -0.2) is 25.8 Å². The molecule has 0 radical (unpaired) electrons. The molecule has 4 nitrogen and oxygen atoms in total. The summed E-state index contributed by atoms with van der Waals surface area (Å²) >= 11 is 0. The first-order valence-corrected chi connectivity index (χ1v) is 9.57. The molecular formula is C20H28O4. The van der Waals surface area contributed by atoms with Crippen LogP contribution in [0.15, 0.2) is 24.3 Å². The lowest BCUT2D eigenvalue weighted by molar-refractivity contribution is -0.302. The fourth-order valence-electron chi connectivity index (χ4n) is 4.88. The van der Waals surface area contributed by atoms with Crippen molar-refractivity contribution < 1.29 is 19.3 Å². The lowest BCUT2D eigenvalue weighted by atomic mass is 9.94. The van der Waals surface area contributed by atoms with Crippen LogP contribution in [0.3, 0.4) is 0 Å². The van der Waals surface area contributed by atoms with Gasteiger partial charge < -0.3 is 4.74 Å². The molecule has 4 bridgehead atoms. The fourth-order valence-corrected chi connectivity index (χ4v) is 4.88. The van der Waals surface area contributed by atoms with E-state index in [4.69, 9.17) is 14.5 Å².